The third-order valence-electron chi connectivity index (χ3n) is 1.80. The van der Waals surface area contributed by atoms with Crippen LogP contribution in [0.25, 0.3) is 0 Å². The largest absolute Gasteiger partial charge is 0.462 e. The van der Waals surface area contributed by atoms with Crippen molar-refractivity contribution < 1.29 is 27.1 Å². The highest BCUT2D eigenvalue weighted by molar-refractivity contribution is 7.79. The number of carbonyl (C=O) groups excluding carboxylic acids is 1. The first kappa shape index (κ1) is 13.7. The van der Waals surface area contributed by atoms with E-state index in [1.165, 1.54) is 6.92 Å². The maximum Gasteiger partial charge on any atom is 0.340 e. The van der Waals surface area contributed by atoms with Crippen molar-refractivity contribution in [2.75, 3.05) is 6.61 Å². The molecule has 94 valence electrons. The molecular weight excluding hydrogens is 256 g/mol. The summed E-state index contributed by atoms with van der Waals surface area (Å²) < 4.78 is 49.2. The third-order valence-corrected chi connectivity index (χ3v) is 2.42. The highest BCUT2D eigenvalue weighted by Crippen LogP contribution is 2.23. The summed E-state index contributed by atoms with van der Waals surface area (Å²) in [7, 11) is 0. The summed E-state index contributed by atoms with van der Waals surface area (Å²) in [4.78, 5) is 14.4. The van der Waals surface area contributed by atoms with E-state index in [1.54, 1.807) is 0 Å². The molecule has 0 saturated heterocycles. The van der Waals surface area contributed by atoms with Crippen molar-refractivity contribution in [3.05, 3.63) is 23.5 Å². The van der Waals surface area contributed by atoms with E-state index in [-0.39, 0.29) is 11.5 Å². The first-order valence-electron chi connectivity index (χ1n) is 4.53. The zero-order valence-electron chi connectivity index (χ0n) is 8.72. The first-order chi connectivity index (χ1) is 7.97. The summed E-state index contributed by atoms with van der Waals surface area (Å²) in [6, 6.07) is 0.878. The first-order valence-corrected chi connectivity index (χ1v) is 5.64. The Hall–Kier alpha value is -1.41. The van der Waals surface area contributed by atoms with Gasteiger partial charge in [0, 0.05) is 6.20 Å². The molecule has 0 aliphatic heterocycles. The molecular formula is C9H9F2NO4S. The molecule has 1 atom stereocenters. The zero-order chi connectivity index (χ0) is 13.0. The lowest BCUT2D eigenvalue weighted by Gasteiger charge is -2.08. The van der Waals surface area contributed by atoms with E-state index in [9.17, 15) is 17.8 Å². The number of halogens is 2. The lowest BCUT2D eigenvalue weighted by atomic mass is 10.2. The quantitative estimate of drug-likeness (QED) is 0.663. The Kier molecular flexibility index (Phi) is 4.64. The fraction of sp³-hybridized carbons (Fsp3) is 0.333. The van der Waals surface area contributed by atoms with Crippen molar-refractivity contribution in [3.8, 4) is 0 Å². The van der Waals surface area contributed by atoms with E-state index in [0.29, 0.717) is 0 Å². The van der Waals surface area contributed by atoms with Crippen LogP contribution >= 0.6 is 0 Å². The molecule has 0 aliphatic rings. The number of ether oxygens (including phenoxy) is 1. The van der Waals surface area contributed by atoms with Gasteiger partial charge in [0.2, 0.25) is 0 Å². The number of esters is 1. The molecule has 0 aliphatic carbocycles. The molecule has 5 nitrogen and oxygen atoms in total. The van der Waals surface area contributed by atoms with Gasteiger partial charge in [0.15, 0.2) is 11.1 Å². The Balaban J connectivity index is 3.25. The van der Waals surface area contributed by atoms with Gasteiger partial charge in [0.1, 0.15) is 5.69 Å². The molecule has 0 spiro atoms. The number of carbonyl (C=O) groups is 1. The Morgan fingerprint density at radius 1 is 1.65 bits per heavy atom. The Morgan fingerprint density at radius 2 is 2.29 bits per heavy atom. The van der Waals surface area contributed by atoms with Gasteiger partial charge < -0.3 is 9.29 Å². The maximum atomic E-state index is 12.6. The summed E-state index contributed by atoms with van der Waals surface area (Å²) in [5.74, 6) is -0.998. The van der Waals surface area contributed by atoms with Crippen molar-refractivity contribution in [1.29, 1.82) is 0 Å². The highest BCUT2D eigenvalue weighted by atomic mass is 32.2. The van der Waals surface area contributed by atoms with Gasteiger partial charge >= 0.3 is 5.97 Å². The molecule has 8 heteroatoms. The van der Waals surface area contributed by atoms with Crippen LogP contribution in [0.1, 0.15) is 29.4 Å². The van der Waals surface area contributed by atoms with Crippen LogP contribution in [0.15, 0.2) is 17.2 Å². The van der Waals surface area contributed by atoms with Gasteiger partial charge in [-0.1, -0.05) is 0 Å². The SMILES string of the molecule is CCOC(=O)c1cc(S(=O)O)cnc1C(F)F. The summed E-state index contributed by atoms with van der Waals surface area (Å²) in [6.45, 7) is 1.52. The van der Waals surface area contributed by atoms with Gasteiger partial charge in [-0.15, -0.1) is 0 Å². The van der Waals surface area contributed by atoms with Gasteiger partial charge in [0.05, 0.1) is 17.1 Å². The Morgan fingerprint density at radius 3 is 2.76 bits per heavy atom. The van der Waals surface area contributed by atoms with Crippen LogP contribution in [0.5, 0.6) is 0 Å². The van der Waals surface area contributed by atoms with Crippen molar-refractivity contribution >= 4 is 17.0 Å². The molecule has 1 aromatic rings. The molecule has 1 unspecified atom stereocenters. The summed E-state index contributed by atoms with van der Waals surface area (Å²) in [5.41, 5.74) is -1.26. The fourth-order valence-electron chi connectivity index (χ4n) is 1.10. The number of rotatable bonds is 4. The van der Waals surface area contributed by atoms with Crippen LogP contribution in [-0.4, -0.2) is 26.3 Å². The molecule has 0 aromatic carbocycles. The average molecular weight is 265 g/mol. The maximum absolute atomic E-state index is 12.6. The van der Waals surface area contributed by atoms with Crippen molar-refractivity contribution in [1.82, 2.24) is 4.98 Å². The molecule has 1 rings (SSSR count). The predicted molar refractivity (Wildman–Crippen MR) is 54.2 cm³/mol. The lowest BCUT2D eigenvalue weighted by Crippen LogP contribution is -2.11. The molecule has 1 aromatic heterocycles. The van der Waals surface area contributed by atoms with Gasteiger partial charge in [0.25, 0.3) is 6.43 Å². The monoisotopic (exact) mass is 265 g/mol. The van der Waals surface area contributed by atoms with Gasteiger partial charge in [-0.3, -0.25) is 4.98 Å². The second kappa shape index (κ2) is 5.78. The summed E-state index contributed by atoms with van der Waals surface area (Å²) in [5, 5.41) is 0. The number of hydrogen-bond donors (Lipinski definition) is 1. The third kappa shape index (κ3) is 3.27. The van der Waals surface area contributed by atoms with Crippen LogP contribution in [-0.2, 0) is 15.8 Å². The van der Waals surface area contributed by atoms with Gasteiger partial charge in [-0.2, -0.15) is 0 Å². The summed E-state index contributed by atoms with van der Waals surface area (Å²) >= 11 is -2.40. The van der Waals surface area contributed by atoms with Crippen LogP contribution in [0, 0.1) is 0 Å². The minimum atomic E-state index is -2.96. The van der Waals surface area contributed by atoms with E-state index in [2.05, 4.69) is 9.72 Å². The lowest BCUT2D eigenvalue weighted by molar-refractivity contribution is 0.0513. The molecule has 1 heterocycles. The minimum absolute atomic E-state index is 0.00789. The van der Waals surface area contributed by atoms with Crippen molar-refractivity contribution in [2.24, 2.45) is 0 Å². The van der Waals surface area contributed by atoms with Crippen molar-refractivity contribution in [3.63, 3.8) is 0 Å². The van der Waals surface area contributed by atoms with E-state index >= 15 is 0 Å². The smallest absolute Gasteiger partial charge is 0.340 e. The second-order valence-corrected chi connectivity index (χ2v) is 3.84. The van der Waals surface area contributed by atoms with Gasteiger partial charge in [-0.05, 0) is 13.0 Å². The number of nitrogens with zero attached hydrogens (tertiary/aromatic N) is 1. The molecule has 17 heavy (non-hydrogen) atoms. The van der Waals surface area contributed by atoms with Crippen LogP contribution < -0.4 is 0 Å². The number of pyridine rings is 1. The molecule has 0 fully saturated rings. The molecule has 0 saturated carbocycles. The second-order valence-electron chi connectivity index (χ2n) is 2.87. The number of hydrogen-bond acceptors (Lipinski definition) is 4. The Bertz CT molecular complexity index is 453. The molecule has 0 amide bonds. The van der Waals surface area contributed by atoms with E-state index in [0.717, 1.165) is 12.3 Å². The van der Waals surface area contributed by atoms with Crippen LogP contribution in [0.3, 0.4) is 0 Å². The van der Waals surface area contributed by atoms with E-state index in [1.807, 2.05) is 0 Å². The average Bonchev–Trinajstić information content (AvgIpc) is 2.28. The summed E-state index contributed by atoms with van der Waals surface area (Å²) in [6.07, 6.45) is -2.14. The van der Waals surface area contributed by atoms with Crippen LogP contribution in [0.4, 0.5) is 8.78 Å². The predicted octanol–water partition coefficient (Wildman–Crippen LogP) is 1.78. The Labute approximate surface area is 98.1 Å². The highest BCUT2D eigenvalue weighted by Gasteiger charge is 2.22. The molecule has 1 N–H and O–H groups in total. The number of aromatic nitrogens is 1. The van der Waals surface area contributed by atoms with E-state index < -0.39 is 34.7 Å². The topological polar surface area (TPSA) is 76.5 Å². The normalized spacial score (nSPS) is 12.5. The fourth-order valence-corrected chi connectivity index (χ4v) is 1.46. The van der Waals surface area contributed by atoms with Crippen molar-refractivity contribution in [2.45, 2.75) is 18.2 Å². The van der Waals surface area contributed by atoms with E-state index in [4.69, 9.17) is 4.55 Å². The standard InChI is InChI=1S/C9H9F2NO4S/c1-2-16-9(13)6-3-5(17(14)15)4-12-7(6)8(10)11/h3-4,8H,2H2,1H3,(H,14,15). The zero-order valence-corrected chi connectivity index (χ0v) is 9.54. The number of alkyl halides is 2. The van der Waals surface area contributed by atoms with Crippen LogP contribution in [0.2, 0.25) is 0 Å². The minimum Gasteiger partial charge on any atom is -0.462 e. The van der Waals surface area contributed by atoms with Gasteiger partial charge in [-0.25, -0.2) is 17.8 Å². The molecule has 0 bridgehead atoms. The molecule has 0 radical (unpaired) electrons.